The molecule has 0 saturated heterocycles. The highest BCUT2D eigenvalue weighted by molar-refractivity contribution is 5.52. The third-order valence-corrected chi connectivity index (χ3v) is 3.71. The molecule has 1 aliphatic carbocycles. The zero-order valence-corrected chi connectivity index (χ0v) is 10.5. The highest BCUT2D eigenvalue weighted by Gasteiger charge is 2.28. The van der Waals surface area contributed by atoms with Crippen molar-refractivity contribution in [3.05, 3.63) is 22.4 Å². The molecule has 2 aliphatic rings. The van der Waals surface area contributed by atoms with Crippen molar-refractivity contribution < 1.29 is 0 Å². The van der Waals surface area contributed by atoms with Crippen LogP contribution in [0.2, 0.25) is 0 Å². The maximum Gasteiger partial charge on any atom is 0.133 e. The minimum atomic E-state index is 0.319. The van der Waals surface area contributed by atoms with Crippen molar-refractivity contribution in [3.63, 3.8) is 0 Å². The van der Waals surface area contributed by atoms with E-state index in [-0.39, 0.29) is 0 Å². The zero-order chi connectivity index (χ0) is 12.4. The Kier molecular flexibility index (Phi) is 3.20. The second kappa shape index (κ2) is 4.63. The maximum absolute atomic E-state index is 9.05. The Labute approximate surface area is 103 Å². The first-order chi connectivity index (χ1) is 8.17. The molecule has 88 valence electrons. The number of hydrogen-bond acceptors (Lipinski definition) is 3. The quantitative estimate of drug-likeness (QED) is 0.598. The van der Waals surface area contributed by atoms with Gasteiger partial charge in [-0.25, -0.2) is 0 Å². The highest BCUT2D eigenvalue weighted by atomic mass is 15.1. The summed E-state index contributed by atoms with van der Waals surface area (Å²) >= 11 is 0. The maximum atomic E-state index is 9.05. The lowest BCUT2D eigenvalue weighted by molar-refractivity contribution is 0.331. The van der Waals surface area contributed by atoms with Crippen molar-refractivity contribution in [2.24, 2.45) is 5.92 Å². The molecule has 0 amide bonds. The monoisotopic (exact) mass is 227 g/mol. The SMILES string of the molecule is CC1CC(=C(C#N)C#N)C2=C(C1)N(C)CCC2. The summed E-state index contributed by atoms with van der Waals surface area (Å²) in [5.74, 6) is 0.529. The lowest BCUT2D eigenvalue weighted by atomic mass is 9.78. The van der Waals surface area contributed by atoms with E-state index in [0.29, 0.717) is 11.5 Å². The molecule has 2 rings (SSSR count). The molecule has 17 heavy (non-hydrogen) atoms. The summed E-state index contributed by atoms with van der Waals surface area (Å²) in [5.41, 5.74) is 3.96. The average molecular weight is 227 g/mol. The predicted molar refractivity (Wildman–Crippen MR) is 65.5 cm³/mol. The molecule has 1 atom stereocenters. The van der Waals surface area contributed by atoms with Gasteiger partial charge in [0.25, 0.3) is 0 Å². The molecule has 0 bridgehead atoms. The van der Waals surface area contributed by atoms with Gasteiger partial charge in [-0.1, -0.05) is 6.92 Å². The minimum Gasteiger partial charge on any atom is -0.378 e. The van der Waals surface area contributed by atoms with E-state index in [1.165, 1.54) is 11.3 Å². The van der Waals surface area contributed by atoms with Crippen LogP contribution in [-0.2, 0) is 0 Å². The van der Waals surface area contributed by atoms with Gasteiger partial charge in [-0.15, -0.1) is 0 Å². The average Bonchev–Trinajstić information content (AvgIpc) is 2.32. The fourth-order valence-corrected chi connectivity index (χ4v) is 2.89. The molecule has 0 saturated carbocycles. The molecule has 0 aromatic heterocycles. The van der Waals surface area contributed by atoms with Crippen LogP contribution in [0.25, 0.3) is 0 Å². The van der Waals surface area contributed by atoms with Crippen LogP contribution in [0.1, 0.15) is 32.6 Å². The number of nitrogens with zero attached hydrogens (tertiary/aromatic N) is 3. The van der Waals surface area contributed by atoms with Crippen LogP contribution >= 0.6 is 0 Å². The Morgan fingerprint density at radius 3 is 2.65 bits per heavy atom. The van der Waals surface area contributed by atoms with Gasteiger partial charge < -0.3 is 4.90 Å². The Hall–Kier alpha value is -1.74. The summed E-state index contributed by atoms with van der Waals surface area (Å²) in [6.45, 7) is 3.28. The van der Waals surface area contributed by atoms with Crippen LogP contribution in [0.15, 0.2) is 22.4 Å². The van der Waals surface area contributed by atoms with Crippen molar-refractivity contribution >= 4 is 0 Å². The predicted octanol–water partition coefficient (Wildman–Crippen LogP) is 2.74. The molecule has 1 unspecified atom stereocenters. The van der Waals surface area contributed by atoms with Crippen LogP contribution in [0.5, 0.6) is 0 Å². The van der Waals surface area contributed by atoms with Gasteiger partial charge in [0.05, 0.1) is 0 Å². The molecular weight excluding hydrogens is 210 g/mol. The fraction of sp³-hybridized carbons (Fsp3) is 0.571. The Morgan fingerprint density at radius 1 is 1.29 bits per heavy atom. The van der Waals surface area contributed by atoms with E-state index in [2.05, 4.69) is 31.0 Å². The third-order valence-electron chi connectivity index (χ3n) is 3.71. The van der Waals surface area contributed by atoms with Crippen LogP contribution in [0.4, 0.5) is 0 Å². The van der Waals surface area contributed by atoms with Gasteiger partial charge in [0.2, 0.25) is 0 Å². The molecule has 0 spiro atoms. The molecule has 0 radical (unpaired) electrons. The number of hydrogen-bond donors (Lipinski definition) is 0. The Morgan fingerprint density at radius 2 is 2.00 bits per heavy atom. The van der Waals surface area contributed by atoms with Crippen LogP contribution < -0.4 is 0 Å². The highest BCUT2D eigenvalue weighted by Crippen LogP contribution is 2.40. The Balaban J connectivity index is 2.54. The van der Waals surface area contributed by atoms with Gasteiger partial charge in [0.15, 0.2) is 0 Å². The van der Waals surface area contributed by atoms with E-state index >= 15 is 0 Å². The zero-order valence-electron chi connectivity index (χ0n) is 10.5. The fourth-order valence-electron chi connectivity index (χ4n) is 2.89. The van der Waals surface area contributed by atoms with Crippen LogP contribution in [0, 0.1) is 28.6 Å². The first-order valence-electron chi connectivity index (χ1n) is 6.14. The number of allylic oxidation sites excluding steroid dienone is 4. The van der Waals surface area contributed by atoms with Gasteiger partial charge in [0.1, 0.15) is 17.7 Å². The molecule has 0 aromatic carbocycles. The van der Waals surface area contributed by atoms with E-state index in [4.69, 9.17) is 10.5 Å². The standard InChI is InChI=1S/C14H17N3/c1-10-6-13(11(8-15)9-16)12-4-3-5-17(2)14(12)7-10/h10H,3-7H2,1-2H3. The van der Waals surface area contributed by atoms with Crippen molar-refractivity contribution in [2.45, 2.75) is 32.6 Å². The molecule has 1 aliphatic heterocycles. The van der Waals surface area contributed by atoms with Crippen molar-refractivity contribution in [3.8, 4) is 12.1 Å². The van der Waals surface area contributed by atoms with Crippen molar-refractivity contribution in [2.75, 3.05) is 13.6 Å². The number of nitriles is 2. The lowest BCUT2D eigenvalue weighted by Crippen LogP contribution is -2.29. The minimum absolute atomic E-state index is 0.319. The third kappa shape index (κ3) is 2.06. The summed E-state index contributed by atoms with van der Waals surface area (Å²) in [7, 11) is 2.11. The van der Waals surface area contributed by atoms with E-state index in [0.717, 1.165) is 37.8 Å². The van der Waals surface area contributed by atoms with Gasteiger partial charge in [0, 0.05) is 19.3 Å². The summed E-state index contributed by atoms with van der Waals surface area (Å²) in [4.78, 5) is 2.29. The molecular formula is C14H17N3. The normalized spacial score (nSPS) is 23.9. The largest absolute Gasteiger partial charge is 0.378 e. The van der Waals surface area contributed by atoms with Crippen molar-refractivity contribution in [1.29, 1.82) is 10.5 Å². The van der Waals surface area contributed by atoms with E-state index in [1.807, 2.05) is 0 Å². The topological polar surface area (TPSA) is 50.8 Å². The van der Waals surface area contributed by atoms with Crippen molar-refractivity contribution in [1.82, 2.24) is 4.90 Å². The van der Waals surface area contributed by atoms with Crippen LogP contribution in [-0.4, -0.2) is 18.5 Å². The molecule has 3 heteroatoms. The van der Waals surface area contributed by atoms with E-state index < -0.39 is 0 Å². The van der Waals surface area contributed by atoms with Gasteiger partial charge >= 0.3 is 0 Å². The summed E-state index contributed by atoms with van der Waals surface area (Å²) in [5, 5.41) is 18.1. The molecule has 1 heterocycles. The van der Waals surface area contributed by atoms with Crippen LogP contribution in [0.3, 0.4) is 0 Å². The summed E-state index contributed by atoms with van der Waals surface area (Å²) < 4.78 is 0. The summed E-state index contributed by atoms with van der Waals surface area (Å²) in [6.07, 6.45) is 4.11. The second-order valence-electron chi connectivity index (χ2n) is 5.04. The summed E-state index contributed by atoms with van der Waals surface area (Å²) in [6, 6.07) is 4.11. The second-order valence-corrected chi connectivity index (χ2v) is 5.04. The first-order valence-corrected chi connectivity index (χ1v) is 6.14. The van der Waals surface area contributed by atoms with Gasteiger partial charge in [-0.2, -0.15) is 10.5 Å². The molecule has 0 N–H and O–H groups in total. The van der Waals surface area contributed by atoms with Gasteiger partial charge in [-0.05, 0) is 42.7 Å². The lowest BCUT2D eigenvalue weighted by Gasteiger charge is -2.37. The first kappa shape index (κ1) is 11.7. The smallest absolute Gasteiger partial charge is 0.133 e. The van der Waals surface area contributed by atoms with E-state index in [1.54, 1.807) is 0 Å². The van der Waals surface area contributed by atoms with E-state index in [9.17, 15) is 0 Å². The molecule has 0 fully saturated rings. The number of rotatable bonds is 0. The Bertz CT molecular complexity index is 455. The molecule has 3 nitrogen and oxygen atoms in total. The van der Waals surface area contributed by atoms with Gasteiger partial charge in [-0.3, -0.25) is 0 Å². The molecule has 0 aromatic rings.